The first kappa shape index (κ1) is 15.8. The van der Waals surface area contributed by atoms with Gasteiger partial charge in [0.05, 0.1) is 6.54 Å². The fourth-order valence-electron chi connectivity index (χ4n) is 2.57. The Hall–Kier alpha value is -1.56. The van der Waals surface area contributed by atoms with Crippen LogP contribution in [-0.2, 0) is 11.3 Å². The van der Waals surface area contributed by atoms with Gasteiger partial charge in [-0.25, -0.2) is 9.78 Å². The van der Waals surface area contributed by atoms with Crippen LogP contribution in [0.25, 0.3) is 0 Å². The number of hydrogen-bond acceptors (Lipinski definition) is 4. The Kier molecular flexibility index (Phi) is 5.22. The smallest absolute Gasteiger partial charge is 0.410 e. The number of hydrogen-bond donors (Lipinski definition) is 2. The third kappa shape index (κ3) is 5.04. The molecule has 1 atom stereocenters. The second-order valence-corrected chi connectivity index (χ2v) is 6.47. The molecule has 1 fully saturated rings. The Balaban J connectivity index is 1.72. The highest BCUT2D eigenvalue weighted by Gasteiger charge is 2.31. The van der Waals surface area contributed by atoms with E-state index >= 15 is 0 Å². The summed E-state index contributed by atoms with van der Waals surface area (Å²) in [6.45, 7) is 8.11. The van der Waals surface area contributed by atoms with E-state index in [1.807, 2.05) is 31.9 Å². The first-order valence-corrected chi connectivity index (χ1v) is 7.64. The largest absolute Gasteiger partial charge is 0.444 e. The molecule has 2 heterocycles. The van der Waals surface area contributed by atoms with Gasteiger partial charge in [-0.1, -0.05) is 0 Å². The van der Waals surface area contributed by atoms with Crippen LogP contribution in [0.2, 0.25) is 0 Å². The number of carbonyl (C=O) groups is 1. The van der Waals surface area contributed by atoms with Gasteiger partial charge < -0.3 is 19.9 Å². The molecule has 0 aromatic carbocycles. The van der Waals surface area contributed by atoms with Crippen molar-refractivity contribution < 1.29 is 9.53 Å². The SMILES string of the molecule is CC(C)(C)OC(=O)N1CCCC1CCNCc1ncc[nH]1. The van der Waals surface area contributed by atoms with Gasteiger partial charge >= 0.3 is 6.09 Å². The quantitative estimate of drug-likeness (QED) is 0.817. The van der Waals surface area contributed by atoms with Gasteiger partial charge in [-0.2, -0.15) is 0 Å². The fourth-order valence-corrected chi connectivity index (χ4v) is 2.57. The summed E-state index contributed by atoms with van der Waals surface area (Å²) in [5.74, 6) is 0.936. The summed E-state index contributed by atoms with van der Waals surface area (Å²) in [4.78, 5) is 21.3. The average molecular weight is 294 g/mol. The molecule has 1 aliphatic heterocycles. The van der Waals surface area contributed by atoms with E-state index < -0.39 is 5.60 Å². The lowest BCUT2D eigenvalue weighted by Gasteiger charge is -2.28. The maximum atomic E-state index is 12.2. The van der Waals surface area contributed by atoms with Crippen molar-refractivity contribution in [3.05, 3.63) is 18.2 Å². The van der Waals surface area contributed by atoms with Gasteiger partial charge in [-0.05, 0) is 46.6 Å². The summed E-state index contributed by atoms with van der Waals surface area (Å²) in [5.41, 5.74) is -0.429. The molecular weight excluding hydrogens is 268 g/mol. The van der Waals surface area contributed by atoms with E-state index in [0.717, 1.165) is 44.7 Å². The van der Waals surface area contributed by atoms with Crippen LogP contribution in [0.1, 0.15) is 45.9 Å². The van der Waals surface area contributed by atoms with E-state index in [-0.39, 0.29) is 12.1 Å². The summed E-state index contributed by atoms with van der Waals surface area (Å²) in [5, 5.41) is 3.35. The molecule has 1 aliphatic rings. The molecule has 1 amide bonds. The van der Waals surface area contributed by atoms with Crippen LogP contribution < -0.4 is 5.32 Å². The molecule has 0 saturated carbocycles. The molecule has 6 heteroatoms. The molecule has 21 heavy (non-hydrogen) atoms. The van der Waals surface area contributed by atoms with E-state index in [0.29, 0.717) is 0 Å². The molecule has 1 aromatic heterocycles. The molecule has 118 valence electrons. The van der Waals surface area contributed by atoms with Crippen LogP contribution >= 0.6 is 0 Å². The number of nitrogens with one attached hydrogen (secondary N) is 2. The van der Waals surface area contributed by atoms with E-state index in [1.54, 1.807) is 6.20 Å². The lowest BCUT2D eigenvalue weighted by atomic mass is 10.1. The van der Waals surface area contributed by atoms with Gasteiger partial charge in [0.25, 0.3) is 0 Å². The van der Waals surface area contributed by atoms with Crippen LogP contribution in [0, 0.1) is 0 Å². The standard InChI is InChI=1S/C15H26N4O2/c1-15(2,3)21-14(20)19-10-4-5-12(19)6-7-16-11-13-17-8-9-18-13/h8-9,12,16H,4-7,10-11H2,1-3H3,(H,17,18). The first-order chi connectivity index (χ1) is 9.96. The number of aromatic nitrogens is 2. The number of likely N-dealkylation sites (tertiary alicyclic amines) is 1. The summed E-state index contributed by atoms with van der Waals surface area (Å²) in [6, 6.07) is 0.281. The summed E-state index contributed by atoms with van der Waals surface area (Å²) < 4.78 is 5.47. The molecule has 1 aromatic rings. The number of amides is 1. The number of rotatable bonds is 5. The third-order valence-corrected chi connectivity index (χ3v) is 3.51. The van der Waals surface area contributed by atoms with Gasteiger partial charge in [0.2, 0.25) is 0 Å². The molecule has 6 nitrogen and oxygen atoms in total. The zero-order valence-electron chi connectivity index (χ0n) is 13.2. The first-order valence-electron chi connectivity index (χ1n) is 7.64. The fraction of sp³-hybridized carbons (Fsp3) is 0.733. The number of nitrogens with zero attached hydrogens (tertiary/aromatic N) is 2. The Bertz CT molecular complexity index is 439. The second-order valence-electron chi connectivity index (χ2n) is 6.47. The molecule has 0 spiro atoms. The number of ether oxygens (including phenoxy) is 1. The molecule has 2 N–H and O–H groups in total. The number of H-pyrrole nitrogens is 1. The highest BCUT2D eigenvalue weighted by Crippen LogP contribution is 2.22. The zero-order valence-corrected chi connectivity index (χ0v) is 13.2. The number of aromatic amines is 1. The summed E-state index contributed by atoms with van der Waals surface area (Å²) >= 11 is 0. The average Bonchev–Trinajstić information content (AvgIpc) is 3.04. The summed E-state index contributed by atoms with van der Waals surface area (Å²) in [7, 11) is 0. The topological polar surface area (TPSA) is 70.2 Å². The highest BCUT2D eigenvalue weighted by atomic mass is 16.6. The third-order valence-electron chi connectivity index (χ3n) is 3.51. The van der Waals surface area contributed by atoms with E-state index in [1.165, 1.54) is 0 Å². The lowest BCUT2D eigenvalue weighted by molar-refractivity contribution is 0.0220. The van der Waals surface area contributed by atoms with Crippen LogP contribution in [0.15, 0.2) is 12.4 Å². The van der Waals surface area contributed by atoms with Crippen LogP contribution in [0.5, 0.6) is 0 Å². The normalized spacial score (nSPS) is 19.0. The minimum absolute atomic E-state index is 0.184. The predicted molar refractivity (Wildman–Crippen MR) is 80.9 cm³/mol. The van der Waals surface area contributed by atoms with Gasteiger partial charge in [0.15, 0.2) is 0 Å². The van der Waals surface area contributed by atoms with Gasteiger partial charge in [-0.3, -0.25) is 0 Å². The Labute approximate surface area is 126 Å². The Morgan fingerprint density at radius 3 is 3.05 bits per heavy atom. The maximum absolute atomic E-state index is 12.2. The molecule has 0 bridgehead atoms. The van der Waals surface area contributed by atoms with Crippen molar-refractivity contribution in [3.63, 3.8) is 0 Å². The van der Waals surface area contributed by atoms with Gasteiger partial charge in [0, 0.05) is 25.0 Å². The van der Waals surface area contributed by atoms with E-state index in [9.17, 15) is 4.79 Å². The highest BCUT2D eigenvalue weighted by molar-refractivity contribution is 5.68. The molecule has 0 aliphatic carbocycles. The van der Waals surface area contributed by atoms with Crippen molar-refractivity contribution in [3.8, 4) is 0 Å². The van der Waals surface area contributed by atoms with Crippen molar-refractivity contribution >= 4 is 6.09 Å². The minimum atomic E-state index is -0.429. The second kappa shape index (κ2) is 6.93. The Morgan fingerprint density at radius 2 is 2.38 bits per heavy atom. The van der Waals surface area contributed by atoms with Gasteiger partial charge in [0.1, 0.15) is 11.4 Å². The molecule has 1 saturated heterocycles. The number of carbonyl (C=O) groups excluding carboxylic acids is 1. The lowest BCUT2D eigenvalue weighted by Crippen LogP contribution is -2.40. The summed E-state index contributed by atoms with van der Waals surface area (Å²) in [6.07, 6.45) is 6.44. The van der Waals surface area contributed by atoms with Crippen molar-refractivity contribution in [2.45, 2.75) is 58.2 Å². The predicted octanol–water partition coefficient (Wildman–Crippen LogP) is 2.29. The van der Waals surface area contributed by atoms with Crippen molar-refractivity contribution in [2.75, 3.05) is 13.1 Å². The van der Waals surface area contributed by atoms with Crippen molar-refractivity contribution in [1.82, 2.24) is 20.2 Å². The van der Waals surface area contributed by atoms with Crippen LogP contribution in [0.3, 0.4) is 0 Å². The van der Waals surface area contributed by atoms with Crippen LogP contribution in [-0.4, -0.2) is 45.7 Å². The minimum Gasteiger partial charge on any atom is -0.444 e. The molecule has 0 radical (unpaired) electrons. The maximum Gasteiger partial charge on any atom is 0.410 e. The molecule has 2 rings (SSSR count). The van der Waals surface area contributed by atoms with Crippen LogP contribution in [0.4, 0.5) is 4.79 Å². The molecule has 1 unspecified atom stereocenters. The molecular formula is C15H26N4O2. The monoisotopic (exact) mass is 294 g/mol. The zero-order chi connectivity index (χ0) is 15.3. The Morgan fingerprint density at radius 1 is 1.57 bits per heavy atom. The van der Waals surface area contributed by atoms with Crippen molar-refractivity contribution in [2.24, 2.45) is 0 Å². The van der Waals surface area contributed by atoms with E-state index in [2.05, 4.69) is 15.3 Å². The van der Waals surface area contributed by atoms with Crippen molar-refractivity contribution in [1.29, 1.82) is 0 Å². The van der Waals surface area contributed by atoms with E-state index in [4.69, 9.17) is 4.74 Å². The van der Waals surface area contributed by atoms with Gasteiger partial charge in [-0.15, -0.1) is 0 Å². The number of imidazole rings is 1.